The van der Waals surface area contributed by atoms with Gasteiger partial charge in [0.2, 0.25) is 0 Å². The predicted octanol–water partition coefficient (Wildman–Crippen LogP) is 6.06. The molecule has 0 radical (unpaired) electrons. The molecule has 2 rings (SSSR count). The first-order valence-electron chi connectivity index (χ1n) is 15.0. The molecule has 2 atom stereocenters. The molecule has 0 bridgehead atoms. The number of ether oxygens (including phenoxy) is 6. The number of hydrogen-bond acceptors (Lipinski definition) is 8. The molecule has 8 nitrogen and oxygen atoms in total. The zero-order valence-electron chi connectivity index (χ0n) is 25.9. The van der Waals surface area contributed by atoms with Crippen LogP contribution in [0.25, 0.3) is 10.8 Å². The third-order valence-electron chi connectivity index (χ3n) is 6.95. The lowest BCUT2D eigenvalue weighted by atomic mass is 9.92. The number of rotatable bonds is 24. The van der Waals surface area contributed by atoms with Gasteiger partial charge in [-0.15, -0.1) is 6.58 Å². The van der Waals surface area contributed by atoms with E-state index < -0.39 is 17.5 Å². The van der Waals surface area contributed by atoms with Crippen molar-refractivity contribution < 1.29 is 38.0 Å². The Kier molecular flexibility index (Phi) is 17.2. The molecule has 0 aliphatic carbocycles. The maximum absolute atomic E-state index is 13.6. The van der Waals surface area contributed by atoms with Gasteiger partial charge in [0.15, 0.2) is 5.78 Å². The summed E-state index contributed by atoms with van der Waals surface area (Å²) in [6.07, 6.45) is 4.72. The fourth-order valence-corrected chi connectivity index (χ4v) is 4.37. The van der Waals surface area contributed by atoms with Gasteiger partial charge in [-0.05, 0) is 62.3 Å². The van der Waals surface area contributed by atoms with Gasteiger partial charge in [0.1, 0.15) is 11.5 Å². The molecule has 234 valence electrons. The zero-order valence-corrected chi connectivity index (χ0v) is 25.9. The smallest absolute Gasteiger partial charge is 0.317 e. The van der Waals surface area contributed by atoms with Gasteiger partial charge >= 0.3 is 5.97 Å². The Morgan fingerprint density at radius 2 is 1.38 bits per heavy atom. The summed E-state index contributed by atoms with van der Waals surface area (Å²) in [4.78, 5) is 27.0. The Balaban J connectivity index is 1.85. The Morgan fingerprint density at radius 3 is 1.98 bits per heavy atom. The monoisotopic (exact) mass is 586 g/mol. The maximum atomic E-state index is 13.6. The lowest BCUT2D eigenvalue weighted by molar-refractivity contribution is -0.161. The highest BCUT2D eigenvalue weighted by Crippen LogP contribution is 2.25. The first kappa shape index (κ1) is 35.6. The van der Waals surface area contributed by atoms with Crippen LogP contribution >= 0.6 is 0 Å². The molecule has 2 unspecified atom stereocenters. The number of fused-ring (bicyclic) bond motifs is 1. The second-order valence-corrected chi connectivity index (χ2v) is 11.0. The minimum atomic E-state index is -0.960. The highest BCUT2D eigenvalue weighted by Gasteiger charge is 2.33. The second kappa shape index (κ2) is 20.3. The Labute approximate surface area is 251 Å². The van der Waals surface area contributed by atoms with Crippen molar-refractivity contribution in [2.45, 2.75) is 52.1 Å². The largest absolute Gasteiger partial charge is 0.459 e. The van der Waals surface area contributed by atoms with Crippen molar-refractivity contribution in [3.05, 3.63) is 60.7 Å². The van der Waals surface area contributed by atoms with E-state index in [-0.39, 0.29) is 18.8 Å². The molecule has 0 spiro atoms. The van der Waals surface area contributed by atoms with Crippen LogP contribution in [0.2, 0.25) is 0 Å². The number of Topliss-reactive ketones (excluding diaryl/α,β-unsaturated/α-hetero) is 1. The van der Waals surface area contributed by atoms with Crippen LogP contribution in [-0.2, 0) is 33.2 Å². The summed E-state index contributed by atoms with van der Waals surface area (Å²) in [6, 6.07) is 13.3. The van der Waals surface area contributed by atoms with E-state index in [4.69, 9.17) is 28.4 Å². The van der Waals surface area contributed by atoms with Crippen LogP contribution in [0.5, 0.6) is 0 Å². The van der Waals surface area contributed by atoms with Crippen LogP contribution in [0.4, 0.5) is 0 Å². The molecule has 0 N–H and O–H groups in total. The maximum Gasteiger partial charge on any atom is 0.317 e. The van der Waals surface area contributed by atoms with E-state index >= 15 is 0 Å². The minimum absolute atomic E-state index is 0.222. The normalized spacial score (nSPS) is 13.1. The quantitative estimate of drug-likeness (QED) is 0.0483. The fourth-order valence-electron chi connectivity index (χ4n) is 4.37. The first-order chi connectivity index (χ1) is 20.3. The SMILES string of the molecule is C=CC(C)CCCC(C)(C)OC(=O)C(CCOCCOCCOCCOCCOC)C(=O)c1ccc2ccccc2c1. The molecule has 0 aliphatic rings. The molecule has 2 aromatic rings. The molecular weight excluding hydrogens is 536 g/mol. The Morgan fingerprint density at radius 1 is 0.810 bits per heavy atom. The van der Waals surface area contributed by atoms with Crippen LogP contribution in [0.15, 0.2) is 55.1 Å². The van der Waals surface area contributed by atoms with E-state index in [1.54, 1.807) is 13.2 Å². The Hall–Kier alpha value is -2.62. The molecule has 0 saturated carbocycles. The number of hydrogen-bond donors (Lipinski definition) is 0. The molecule has 0 amide bonds. The van der Waals surface area contributed by atoms with Gasteiger partial charge in [0, 0.05) is 19.3 Å². The molecule has 0 aliphatic heterocycles. The van der Waals surface area contributed by atoms with Crippen molar-refractivity contribution >= 4 is 22.5 Å². The summed E-state index contributed by atoms with van der Waals surface area (Å²) in [5, 5.41) is 1.98. The van der Waals surface area contributed by atoms with E-state index in [1.807, 2.05) is 56.3 Å². The molecule has 0 fully saturated rings. The number of allylic oxidation sites excluding steroid dienone is 1. The number of esters is 1. The number of benzene rings is 2. The summed E-state index contributed by atoms with van der Waals surface area (Å²) in [7, 11) is 1.63. The molecule has 0 heterocycles. The van der Waals surface area contributed by atoms with Crippen LogP contribution < -0.4 is 0 Å². The van der Waals surface area contributed by atoms with Crippen molar-refractivity contribution in [2.75, 3.05) is 66.6 Å². The van der Waals surface area contributed by atoms with Gasteiger partial charge in [-0.2, -0.15) is 0 Å². The molecule has 42 heavy (non-hydrogen) atoms. The van der Waals surface area contributed by atoms with Gasteiger partial charge in [0.25, 0.3) is 0 Å². The van der Waals surface area contributed by atoms with E-state index in [2.05, 4.69) is 13.5 Å². The summed E-state index contributed by atoms with van der Waals surface area (Å²) in [6.45, 7) is 13.7. The van der Waals surface area contributed by atoms with E-state index in [9.17, 15) is 9.59 Å². The highest BCUT2D eigenvalue weighted by atomic mass is 16.6. The lowest BCUT2D eigenvalue weighted by Gasteiger charge is -2.28. The average Bonchev–Trinajstić information content (AvgIpc) is 2.98. The van der Waals surface area contributed by atoms with Crippen LogP contribution in [-0.4, -0.2) is 83.9 Å². The fraction of sp³-hybridized carbons (Fsp3) is 0.588. The highest BCUT2D eigenvalue weighted by molar-refractivity contribution is 6.10. The van der Waals surface area contributed by atoms with Crippen LogP contribution in [0, 0.1) is 11.8 Å². The lowest BCUT2D eigenvalue weighted by Crippen LogP contribution is -2.35. The van der Waals surface area contributed by atoms with Crippen molar-refractivity contribution in [3.8, 4) is 0 Å². The van der Waals surface area contributed by atoms with Gasteiger partial charge in [-0.1, -0.05) is 49.4 Å². The van der Waals surface area contributed by atoms with Gasteiger partial charge < -0.3 is 28.4 Å². The molecule has 0 saturated heterocycles. The van der Waals surface area contributed by atoms with Crippen molar-refractivity contribution in [2.24, 2.45) is 11.8 Å². The third kappa shape index (κ3) is 14.0. The summed E-state index contributed by atoms with van der Waals surface area (Å²) >= 11 is 0. The molecule has 0 aromatic heterocycles. The third-order valence-corrected chi connectivity index (χ3v) is 6.95. The summed E-state index contributed by atoms with van der Waals surface area (Å²) < 4.78 is 32.9. The first-order valence-corrected chi connectivity index (χ1v) is 15.0. The van der Waals surface area contributed by atoms with Gasteiger partial charge in [0.05, 0.1) is 52.9 Å². The summed E-state index contributed by atoms with van der Waals surface area (Å²) in [5.41, 5.74) is -0.201. The van der Waals surface area contributed by atoms with Gasteiger partial charge in [-0.3, -0.25) is 9.59 Å². The molecule has 2 aromatic carbocycles. The summed E-state index contributed by atoms with van der Waals surface area (Å²) in [5.74, 6) is -1.33. The molecule has 8 heteroatoms. The van der Waals surface area contributed by atoms with E-state index in [0.717, 1.165) is 23.6 Å². The standard InChI is InChI=1S/C34H50O8/c1-6-27(2)10-9-16-34(3,4)42-33(36)31(32(35)30-14-13-28-11-7-8-12-29(28)26-30)15-17-38-20-21-40-24-25-41-23-22-39-19-18-37-5/h6-8,11-14,26-27,31H,1,9-10,15-25H2,2-5H3. The average molecular weight is 587 g/mol. The van der Waals surface area contributed by atoms with Crippen molar-refractivity contribution in [1.29, 1.82) is 0 Å². The minimum Gasteiger partial charge on any atom is -0.459 e. The number of carbonyl (C=O) groups is 2. The van der Waals surface area contributed by atoms with Crippen LogP contribution in [0.3, 0.4) is 0 Å². The van der Waals surface area contributed by atoms with Gasteiger partial charge in [-0.25, -0.2) is 0 Å². The predicted molar refractivity (Wildman–Crippen MR) is 165 cm³/mol. The Bertz CT molecular complexity index is 1070. The second-order valence-electron chi connectivity index (χ2n) is 11.0. The van der Waals surface area contributed by atoms with Crippen molar-refractivity contribution in [3.63, 3.8) is 0 Å². The molecular formula is C34H50O8. The topological polar surface area (TPSA) is 89.5 Å². The van der Waals surface area contributed by atoms with E-state index in [1.165, 1.54) is 0 Å². The number of carbonyl (C=O) groups excluding carboxylic acids is 2. The number of methoxy groups -OCH3 is 1. The van der Waals surface area contributed by atoms with E-state index in [0.29, 0.717) is 70.8 Å². The van der Waals surface area contributed by atoms with Crippen LogP contribution in [0.1, 0.15) is 56.8 Å². The zero-order chi connectivity index (χ0) is 30.6. The van der Waals surface area contributed by atoms with Crippen molar-refractivity contribution in [1.82, 2.24) is 0 Å². The number of ketones is 1.